The molecular formula is C12H25N. The molecule has 78 valence electrons. The Morgan fingerprint density at radius 3 is 2.38 bits per heavy atom. The minimum absolute atomic E-state index is 0.685. The fraction of sp³-hybridized carbons (Fsp3) is 1.00. The predicted molar refractivity (Wildman–Crippen MR) is 58.9 cm³/mol. The SMILES string of the molecule is CCC1CC(C)(CCN(C)CC)C1. The van der Waals surface area contributed by atoms with Gasteiger partial charge in [-0.1, -0.05) is 27.2 Å². The van der Waals surface area contributed by atoms with Crippen LogP contribution in [0.1, 0.15) is 46.5 Å². The third kappa shape index (κ3) is 2.98. The molecule has 1 nitrogen and oxygen atoms in total. The van der Waals surface area contributed by atoms with Gasteiger partial charge in [0.2, 0.25) is 0 Å². The molecule has 0 bridgehead atoms. The molecule has 1 rings (SSSR count). The highest BCUT2D eigenvalue weighted by molar-refractivity contribution is 4.89. The van der Waals surface area contributed by atoms with E-state index in [0.29, 0.717) is 5.41 Å². The van der Waals surface area contributed by atoms with Gasteiger partial charge in [-0.15, -0.1) is 0 Å². The van der Waals surface area contributed by atoms with Crippen molar-refractivity contribution in [3.8, 4) is 0 Å². The normalized spacial score (nSPS) is 33.5. The van der Waals surface area contributed by atoms with Crippen LogP contribution in [0, 0.1) is 11.3 Å². The lowest BCUT2D eigenvalue weighted by molar-refractivity contribution is 0.0533. The Morgan fingerprint density at radius 2 is 1.92 bits per heavy atom. The first-order valence-corrected chi connectivity index (χ1v) is 5.78. The lowest BCUT2D eigenvalue weighted by Crippen LogP contribution is -2.37. The smallest absolute Gasteiger partial charge is 0.00167 e. The van der Waals surface area contributed by atoms with Gasteiger partial charge in [0.05, 0.1) is 0 Å². The van der Waals surface area contributed by atoms with Gasteiger partial charge in [-0.3, -0.25) is 0 Å². The average molecular weight is 183 g/mol. The van der Waals surface area contributed by atoms with E-state index in [1.807, 2.05) is 0 Å². The molecule has 0 spiro atoms. The van der Waals surface area contributed by atoms with Crippen LogP contribution in [0.4, 0.5) is 0 Å². The summed E-state index contributed by atoms with van der Waals surface area (Å²) in [5.74, 6) is 1.04. The molecule has 0 aromatic heterocycles. The molecule has 0 radical (unpaired) electrons. The van der Waals surface area contributed by atoms with Crippen molar-refractivity contribution in [2.24, 2.45) is 11.3 Å². The molecule has 0 atom stereocenters. The van der Waals surface area contributed by atoms with Crippen molar-refractivity contribution in [3.05, 3.63) is 0 Å². The Bertz CT molecular complexity index is 147. The monoisotopic (exact) mass is 183 g/mol. The minimum Gasteiger partial charge on any atom is -0.307 e. The largest absolute Gasteiger partial charge is 0.307 e. The molecule has 1 fully saturated rings. The van der Waals surface area contributed by atoms with Gasteiger partial charge < -0.3 is 4.90 Å². The summed E-state index contributed by atoms with van der Waals surface area (Å²) >= 11 is 0. The third-order valence-electron chi connectivity index (χ3n) is 3.78. The summed E-state index contributed by atoms with van der Waals surface area (Å²) in [5, 5.41) is 0. The molecule has 1 aliphatic rings. The zero-order valence-corrected chi connectivity index (χ0v) is 9.77. The van der Waals surface area contributed by atoms with Crippen LogP contribution in [0.25, 0.3) is 0 Å². The third-order valence-corrected chi connectivity index (χ3v) is 3.78. The van der Waals surface area contributed by atoms with Crippen molar-refractivity contribution in [2.75, 3.05) is 20.1 Å². The van der Waals surface area contributed by atoms with Gasteiger partial charge >= 0.3 is 0 Å². The van der Waals surface area contributed by atoms with Gasteiger partial charge in [0.15, 0.2) is 0 Å². The summed E-state index contributed by atoms with van der Waals surface area (Å²) < 4.78 is 0. The van der Waals surface area contributed by atoms with E-state index in [4.69, 9.17) is 0 Å². The molecule has 0 aliphatic heterocycles. The van der Waals surface area contributed by atoms with Gasteiger partial charge in [-0.2, -0.15) is 0 Å². The van der Waals surface area contributed by atoms with E-state index in [2.05, 4.69) is 32.7 Å². The maximum absolute atomic E-state index is 2.46. The molecule has 1 aliphatic carbocycles. The van der Waals surface area contributed by atoms with Crippen molar-refractivity contribution in [2.45, 2.75) is 46.5 Å². The molecule has 0 saturated heterocycles. The predicted octanol–water partition coefficient (Wildman–Crippen LogP) is 3.15. The van der Waals surface area contributed by atoms with Crippen LogP contribution in [0.2, 0.25) is 0 Å². The van der Waals surface area contributed by atoms with E-state index in [-0.39, 0.29) is 0 Å². The summed E-state index contributed by atoms with van der Waals surface area (Å²) in [6.07, 6.45) is 5.73. The summed E-state index contributed by atoms with van der Waals surface area (Å²) in [4.78, 5) is 2.42. The van der Waals surface area contributed by atoms with Gasteiger partial charge in [-0.25, -0.2) is 0 Å². The van der Waals surface area contributed by atoms with Crippen LogP contribution in [0.5, 0.6) is 0 Å². The van der Waals surface area contributed by atoms with Crippen LogP contribution in [-0.2, 0) is 0 Å². The van der Waals surface area contributed by atoms with E-state index >= 15 is 0 Å². The Hall–Kier alpha value is -0.0400. The maximum Gasteiger partial charge on any atom is -0.00167 e. The van der Waals surface area contributed by atoms with Crippen molar-refractivity contribution < 1.29 is 0 Å². The minimum atomic E-state index is 0.685. The Labute approximate surface area is 83.5 Å². The average Bonchev–Trinajstić information content (AvgIpc) is 2.09. The second kappa shape index (κ2) is 4.45. The Morgan fingerprint density at radius 1 is 1.31 bits per heavy atom. The van der Waals surface area contributed by atoms with Crippen LogP contribution < -0.4 is 0 Å². The fourth-order valence-electron chi connectivity index (χ4n) is 2.45. The van der Waals surface area contributed by atoms with Crippen LogP contribution >= 0.6 is 0 Å². The quantitative estimate of drug-likeness (QED) is 0.633. The van der Waals surface area contributed by atoms with E-state index in [9.17, 15) is 0 Å². The van der Waals surface area contributed by atoms with Crippen molar-refractivity contribution in [1.29, 1.82) is 0 Å². The van der Waals surface area contributed by atoms with Crippen LogP contribution in [0.15, 0.2) is 0 Å². The van der Waals surface area contributed by atoms with Gasteiger partial charge in [0, 0.05) is 0 Å². The first kappa shape index (κ1) is 11.0. The summed E-state index contributed by atoms with van der Waals surface area (Å²) in [6, 6.07) is 0. The highest BCUT2D eigenvalue weighted by Crippen LogP contribution is 2.49. The fourth-order valence-corrected chi connectivity index (χ4v) is 2.45. The highest BCUT2D eigenvalue weighted by atomic mass is 15.1. The Kier molecular flexibility index (Phi) is 3.78. The number of hydrogen-bond donors (Lipinski definition) is 0. The maximum atomic E-state index is 2.46. The van der Waals surface area contributed by atoms with Gasteiger partial charge in [0.25, 0.3) is 0 Å². The second-order valence-corrected chi connectivity index (χ2v) is 5.14. The molecule has 0 aromatic carbocycles. The van der Waals surface area contributed by atoms with E-state index in [1.54, 1.807) is 0 Å². The molecule has 0 unspecified atom stereocenters. The molecule has 13 heavy (non-hydrogen) atoms. The van der Waals surface area contributed by atoms with E-state index < -0.39 is 0 Å². The van der Waals surface area contributed by atoms with Gasteiger partial charge in [-0.05, 0) is 50.7 Å². The van der Waals surface area contributed by atoms with Crippen molar-refractivity contribution in [1.82, 2.24) is 4.90 Å². The zero-order chi connectivity index (χ0) is 9.90. The molecule has 0 amide bonds. The topological polar surface area (TPSA) is 3.24 Å². The first-order valence-electron chi connectivity index (χ1n) is 5.78. The molecule has 0 aromatic rings. The first-order chi connectivity index (χ1) is 6.09. The zero-order valence-electron chi connectivity index (χ0n) is 9.77. The molecule has 1 saturated carbocycles. The van der Waals surface area contributed by atoms with E-state index in [0.717, 1.165) is 5.92 Å². The molecule has 0 N–H and O–H groups in total. The Balaban J connectivity index is 2.15. The number of nitrogens with zero attached hydrogens (tertiary/aromatic N) is 1. The molecular weight excluding hydrogens is 158 g/mol. The summed E-state index contributed by atoms with van der Waals surface area (Å²) in [7, 11) is 2.22. The lowest BCUT2D eigenvalue weighted by atomic mass is 9.61. The molecule has 0 heterocycles. The van der Waals surface area contributed by atoms with E-state index in [1.165, 1.54) is 38.8 Å². The second-order valence-electron chi connectivity index (χ2n) is 5.14. The lowest BCUT2D eigenvalue weighted by Gasteiger charge is -2.46. The summed E-state index contributed by atoms with van der Waals surface area (Å²) in [5.41, 5.74) is 0.685. The van der Waals surface area contributed by atoms with Crippen LogP contribution in [0.3, 0.4) is 0 Å². The summed E-state index contributed by atoms with van der Waals surface area (Å²) in [6.45, 7) is 9.49. The number of rotatable bonds is 5. The van der Waals surface area contributed by atoms with Gasteiger partial charge in [0.1, 0.15) is 0 Å². The number of hydrogen-bond acceptors (Lipinski definition) is 1. The molecule has 1 heteroatoms. The van der Waals surface area contributed by atoms with Crippen molar-refractivity contribution >= 4 is 0 Å². The standard InChI is InChI=1S/C12H25N/c1-5-11-9-12(3,10-11)7-8-13(4)6-2/h11H,5-10H2,1-4H3. The van der Waals surface area contributed by atoms with Crippen LogP contribution in [-0.4, -0.2) is 25.0 Å². The van der Waals surface area contributed by atoms with Crippen molar-refractivity contribution in [3.63, 3.8) is 0 Å². The highest BCUT2D eigenvalue weighted by Gasteiger charge is 2.38.